The van der Waals surface area contributed by atoms with E-state index in [0.717, 1.165) is 50.7 Å². The van der Waals surface area contributed by atoms with Crippen LogP contribution >= 0.6 is 0 Å². The largest absolute Gasteiger partial charge is 0.375 e. The first kappa shape index (κ1) is 23.4. The number of hydrogen-bond acceptors (Lipinski definition) is 5. The molecule has 1 aliphatic heterocycles. The molecular weight excluding hydrogens is 390 g/mol. The van der Waals surface area contributed by atoms with Crippen molar-refractivity contribution in [2.24, 2.45) is 5.92 Å². The van der Waals surface area contributed by atoms with Crippen molar-refractivity contribution in [1.29, 1.82) is 0 Å². The molecule has 1 N–H and O–H groups in total. The third kappa shape index (κ3) is 6.37. The summed E-state index contributed by atoms with van der Waals surface area (Å²) in [4.78, 5) is 14.7. The molecule has 1 aromatic carbocycles. The Morgan fingerprint density at radius 3 is 2.48 bits per heavy atom. The molecular formula is C24H37N5O2. The highest BCUT2D eigenvalue weighted by molar-refractivity contribution is 5.77. The van der Waals surface area contributed by atoms with E-state index in [2.05, 4.69) is 76.9 Å². The lowest BCUT2D eigenvalue weighted by Gasteiger charge is -2.22. The van der Waals surface area contributed by atoms with Gasteiger partial charge in [0.15, 0.2) is 5.82 Å². The van der Waals surface area contributed by atoms with E-state index < -0.39 is 0 Å². The van der Waals surface area contributed by atoms with Gasteiger partial charge in [0, 0.05) is 39.7 Å². The Kier molecular flexibility index (Phi) is 8.21. The molecule has 1 aliphatic rings. The van der Waals surface area contributed by atoms with Crippen LogP contribution in [0.1, 0.15) is 68.9 Å². The second-order valence-corrected chi connectivity index (χ2v) is 9.23. The number of methoxy groups -OCH3 is 1. The Balaban J connectivity index is 1.69. The smallest absolute Gasteiger partial charge is 0.246 e. The van der Waals surface area contributed by atoms with Gasteiger partial charge < -0.3 is 14.6 Å². The van der Waals surface area contributed by atoms with E-state index in [1.807, 2.05) is 0 Å². The lowest BCUT2D eigenvalue weighted by Crippen LogP contribution is -2.34. The third-order valence-corrected chi connectivity index (χ3v) is 5.83. The van der Waals surface area contributed by atoms with Crippen LogP contribution in [0.2, 0.25) is 0 Å². The molecule has 0 fully saturated rings. The van der Waals surface area contributed by atoms with Crippen molar-refractivity contribution in [2.45, 2.75) is 65.6 Å². The Hall–Kier alpha value is -2.25. The zero-order chi connectivity index (χ0) is 22.4. The minimum absolute atomic E-state index is 0.0545. The van der Waals surface area contributed by atoms with E-state index >= 15 is 0 Å². The maximum Gasteiger partial charge on any atom is 0.246 e. The molecule has 2 aromatic rings. The molecule has 0 saturated heterocycles. The maximum absolute atomic E-state index is 12.2. The van der Waals surface area contributed by atoms with Gasteiger partial charge in [0.2, 0.25) is 5.91 Å². The molecule has 2 heterocycles. The fraction of sp³-hybridized carbons (Fsp3) is 0.625. The van der Waals surface area contributed by atoms with Gasteiger partial charge in [-0.05, 0) is 29.4 Å². The van der Waals surface area contributed by atoms with Crippen molar-refractivity contribution in [1.82, 2.24) is 25.0 Å². The minimum Gasteiger partial charge on any atom is -0.375 e. The van der Waals surface area contributed by atoms with Gasteiger partial charge in [-0.2, -0.15) is 0 Å². The van der Waals surface area contributed by atoms with Crippen molar-refractivity contribution < 1.29 is 9.53 Å². The SMILES string of the molecule is COCC(=O)NC(CC(C)C)c1nnc2n1CCN(Cc1ccc(C(C)C)cc1)CC2. The van der Waals surface area contributed by atoms with Gasteiger partial charge in [0.25, 0.3) is 0 Å². The monoisotopic (exact) mass is 427 g/mol. The number of nitrogens with one attached hydrogen (secondary N) is 1. The summed E-state index contributed by atoms with van der Waals surface area (Å²) >= 11 is 0. The van der Waals surface area contributed by atoms with Gasteiger partial charge in [0.05, 0.1) is 6.04 Å². The van der Waals surface area contributed by atoms with Crippen molar-refractivity contribution in [3.05, 3.63) is 47.0 Å². The highest BCUT2D eigenvalue weighted by Gasteiger charge is 2.26. The summed E-state index contributed by atoms with van der Waals surface area (Å²) in [5, 5.41) is 12.0. The Bertz CT molecular complexity index is 844. The van der Waals surface area contributed by atoms with Crippen LogP contribution in [0.25, 0.3) is 0 Å². The molecule has 1 unspecified atom stereocenters. The summed E-state index contributed by atoms with van der Waals surface area (Å²) < 4.78 is 7.20. The molecule has 7 heteroatoms. The summed E-state index contributed by atoms with van der Waals surface area (Å²) in [5.74, 6) is 2.72. The fourth-order valence-corrected chi connectivity index (χ4v) is 4.14. The van der Waals surface area contributed by atoms with Gasteiger partial charge in [-0.15, -0.1) is 10.2 Å². The maximum atomic E-state index is 12.2. The molecule has 1 amide bonds. The fourth-order valence-electron chi connectivity index (χ4n) is 4.14. The van der Waals surface area contributed by atoms with Crippen molar-refractivity contribution in [2.75, 3.05) is 26.8 Å². The average molecular weight is 428 g/mol. The topological polar surface area (TPSA) is 72.3 Å². The summed E-state index contributed by atoms with van der Waals surface area (Å²) in [6.07, 6.45) is 1.68. The second-order valence-electron chi connectivity index (χ2n) is 9.23. The molecule has 1 atom stereocenters. The van der Waals surface area contributed by atoms with Gasteiger partial charge in [-0.1, -0.05) is 52.0 Å². The van der Waals surface area contributed by atoms with Crippen LogP contribution in [0.4, 0.5) is 0 Å². The normalized spacial score (nSPS) is 15.7. The molecule has 170 valence electrons. The predicted molar refractivity (Wildman–Crippen MR) is 122 cm³/mol. The van der Waals surface area contributed by atoms with Crippen LogP contribution in [-0.4, -0.2) is 52.4 Å². The van der Waals surface area contributed by atoms with Crippen LogP contribution in [0.15, 0.2) is 24.3 Å². The molecule has 0 bridgehead atoms. The standard InChI is InChI=1S/C24H37N5O2/c1-17(2)14-21(25-23(30)16-31-5)24-27-26-22-10-11-28(12-13-29(22)24)15-19-6-8-20(9-7-19)18(3)4/h6-9,17-18,21H,10-16H2,1-5H3,(H,25,30). The van der Waals surface area contributed by atoms with Gasteiger partial charge >= 0.3 is 0 Å². The molecule has 0 spiro atoms. The van der Waals surface area contributed by atoms with Crippen LogP contribution in [-0.2, 0) is 29.0 Å². The van der Waals surface area contributed by atoms with Crippen LogP contribution in [0.3, 0.4) is 0 Å². The van der Waals surface area contributed by atoms with E-state index in [-0.39, 0.29) is 18.6 Å². The average Bonchev–Trinajstić information content (AvgIpc) is 3.02. The highest BCUT2D eigenvalue weighted by atomic mass is 16.5. The zero-order valence-corrected chi connectivity index (χ0v) is 19.6. The summed E-state index contributed by atoms with van der Waals surface area (Å²) in [7, 11) is 1.53. The zero-order valence-electron chi connectivity index (χ0n) is 19.6. The molecule has 1 aromatic heterocycles. The number of aromatic nitrogens is 3. The van der Waals surface area contributed by atoms with E-state index in [1.165, 1.54) is 18.2 Å². The van der Waals surface area contributed by atoms with Crippen LogP contribution in [0.5, 0.6) is 0 Å². The number of amides is 1. The number of benzene rings is 1. The molecule has 0 aliphatic carbocycles. The molecule has 7 nitrogen and oxygen atoms in total. The number of nitrogens with zero attached hydrogens (tertiary/aromatic N) is 4. The number of hydrogen-bond donors (Lipinski definition) is 1. The third-order valence-electron chi connectivity index (χ3n) is 5.83. The Labute approximate surface area is 186 Å². The van der Waals surface area contributed by atoms with E-state index in [1.54, 1.807) is 0 Å². The molecule has 0 saturated carbocycles. The first-order valence-electron chi connectivity index (χ1n) is 11.4. The Morgan fingerprint density at radius 2 is 1.84 bits per heavy atom. The van der Waals surface area contributed by atoms with Crippen LogP contribution in [0, 0.1) is 5.92 Å². The summed E-state index contributed by atoms with van der Waals surface area (Å²) in [6, 6.07) is 8.82. The van der Waals surface area contributed by atoms with Crippen molar-refractivity contribution >= 4 is 5.91 Å². The van der Waals surface area contributed by atoms with E-state index in [4.69, 9.17) is 4.74 Å². The number of carbonyl (C=O) groups is 1. The van der Waals surface area contributed by atoms with Crippen molar-refractivity contribution in [3.63, 3.8) is 0 Å². The second kappa shape index (κ2) is 10.9. The summed E-state index contributed by atoms with van der Waals surface area (Å²) in [6.45, 7) is 12.5. The highest BCUT2D eigenvalue weighted by Crippen LogP contribution is 2.23. The van der Waals surface area contributed by atoms with Gasteiger partial charge in [-0.3, -0.25) is 9.69 Å². The van der Waals surface area contributed by atoms with E-state index in [0.29, 0.717) is 11.8 Å². The first-order chi connectivity index (χ1) is 14.9. The lowest BCUT2D eigenvalue weighted by atomic mass is 10.0. The lowest BCUT2D eigenvalue weighted by molar-refractivity contribution is -0.125. The molecule has 3 rings (SSSR count). The quantitative estimate of drug-likeness (QED) is 0.665. The van der Waals surface area contributed by atoms with Crippen LogP contribution < -0.4 is 5.32 Å². The van der Waals surface area contributed by atoms with Gasteiger partial charge in [0.1, 0.15) is 12.4 Å². The molecule has 31 heavy (non-hydrogen) atoms. The first-order valence-corrected chi connectivity index (χ1v) is 11.4. The summed E-state index contributed by atoms with van der Waals surface area (Å²) in [5.41, 5.74) is 2.72. The Morgan fingerprint density at radius 1 is 1.10 bits per heavy atom. The van der Waals surface area contributed by atoms with E-state index in [9.17, 15) is 4.79 Å². The molecule has 0 radical (unpaired) electrons. The minimum atomic E-state index is -0.154. The number of fused-ring (bicyclic) bond motifs is 1. The number of carbonyl (C=O) groups excluding carboxylic acids is 1. The number of rotatable bonds is 9. The van der Waals surface area contributed by atoms with Gasteiger partial charge in [-0.25, -0.2) is 0 Å². The number of ether oxygens (including phenoxy) is 1. The predicted octanol–water partition coefficient (Wildman–Crippen LogP) is 3.31. The van der Waals surface area contributed by atoms with Crippen molar-refractivity contribution in [3.8, 4) is 0 Å².